The summed E-state index contributed by atoms with van der Waals surface area (Å²) in [7, 11) is 0. The molecule has 0 saturated carbocycles. The predicted octanol–water partition coefficient (Wildman–Crippen LogP) is 3.78. The van der Waals surface area contributed by atoms with Crippen LogP contribution in [0, 0.1) is 0 Å². The maximum absolute atomic E-state index is 9.40. The number of ether oxygens (including phenoxy) is 1. The van der Waals surface area contributed by atoms with Crippen molar-refractivity contribution in [2.45, 2.75) is 51.5 Å². The van der Waals surface area contributed by atoms with E-state index in [1.165, 1.54) is 44.1 Å². The first-order valence-electron chi connectivity index (χ1n) is 7.50. The molecule has 0 aliphatic carbocycles. The van der Waals surface area contributed by atoms with Crippen LogP contribution in [0.1, 0.15) is 57.1 Å². The smallest absolute Gasteiger partial charge is 0.127 e. The normalized spacial score (nSPS) is 17.2. The molecule has 1 aromatic carbocycles. The zero-order valence-electron chi connectivity index (χ0n) is 11.8. The maximum atomic E-state index is 9.40. The number of phenolic OH excluding ortho intramolecular Hbond substituents is 1. The van der Waals surface area contributed by atoms with E-state index in [0.717, 1.165) is 12.3 Å². The fraction of sp³-hybridized carbons (Fsp3) is 0.625. The topological polar surface area (TPSA) is 41.5 Å². The number of hydrogen-bond acceptors (Lipinski definition) is 3. The molecule has 0 saturated heterocycles. The zero-order chi connectivity index (χ0) is 13.5. The first kappa shape index (κ1) is 14.2. The van der Waals surface area contributed by atoms with E-state index in [1.807, 2.05) is 6.07 Å². The van der Waals surface area contributed by atoms with Gasteiger partial charge in [0, 0.05) is 11.6 Å². The summed E-state index contributed by atoms with van der Waals surface area (Å²) in [6.45, 7) is 3.96. The van der Waals surface area contributed by atoms with Gasteiger partial charge in [0.05, 0.1) is 6.04 Å². The summed E-state index contributed by atoms with van der Waals surface area (Å²) in [6.07, 6.45) is 7.92. The molecule has 0 aromatic heterocycles. The van der Waals surface area contributed by atoms with Gasteiger partial charge in [0.25, 0.3) is 0 Å². The van der Waals surface area contributed by atoms with Crippen LogP contribution in [0.3, 0.4) is 0 Å². The second-order valence-corrected chi connectivity index (χ2v) is 5.31. The maximum Gasteiger partial charge on any atom is 0.127 e. The van der Waals surface area contributed by atoms with Gasteiger partial charge >= 0.3 is 0 Å². The van der Waals surface area contributed by atoms with Gasteiger partial charge in [-0.15, -0.1) is 0 Å². The quantitative estimate of drug-likeness (QED) is 0.701. The third-order valence-electron chi connectivity index (χ3n) is 3.70. The van der Waals surface area contributed by atoms with E-state index in [1.54, 1.807) is 12.1 Å². The van der Waals surface area contributed by atoms with Crippen LogP contribution in [0.4, 0.5) is 0 Å². The summed E-state index contributed by atoms with van der Waals surface area (Å²) in [5.41, 5.74) is 1.17. The van der Waals surface area contributed by atoms with E-state index in [2.05, 4.69) is 12.2 Å². The summed E-state index contributed by atoms with van der Waals surface area (Å²) in [5, 5.41) is 12.9. The number of hydrogen-bond donors (Lipinski definition) is 2. The Bertz CT molecular complexity index is 392. The average Bonchev–Trinajstić information content (AvgIpc) is 2.80. The van der Waals surface area contributed by atoms with Crippen LogP contribution in [0.25, 0.3) is 0 Å². The second kappa shape index (κ2) is 7.39. The molecule has 3 nitrogen and oxygen atoms in total. The van der Waals surface area contributed by atoms with Gasteiger partial charge < -0.3 is 15.2 Å². The molecule has 1 aliphatic heterocycles. The van der Waals surface area contributed by atoms with Crippen LogP contribution in [-0.2, 0) is 0 Å². The van der Waals surface area contributed by atoms with Crippen LogP contribution < -0.4 is 10.1 Å². The highest BCUT2D eigenvalue weighted by Crippen LogP contribution is 2.34. The van der Waals surface area contributed by atoms with Crippen LogP contribution in [0.15, 0.2) is 18.2 Å². The molecule has 19 heavy (non-hydrogen) atoms. The molecule has 0 fully saturated rings. The van der Waals surface area contributed by atoms with Crippen LogP contribution >= 0.6 is 0 Å². The fourth-order valence-corrected chi connectivity index (χ4v) is 2.55. The summed E-state index contributed by atoms with van der Waals surface area (Å²) in [5.74, 6) is 1.09. The molecule has 106 valence electrons. The van der Waals surface area contributed by atoms with Gasteiger partial charge in [-0.05, 0) is 25.1 Å². The van der Waals surface area contributed by atoms with Crippen LogP contribution in [0.2, 0.25) is 0 Å². The highest BCUT2D eigenvalue weighted by molar-refractivity contribution is 5.44. The molecule has 0 bridgehead atoms. The third-order valence-corrected chi connectivity index (χ3v) is 3.70. The Morgan fingerprint density at radius 3 is 2.84 bits per heavy atom. The Hall–Kier alpha value is -1.22. The lowest BCUT2D eigenvalue weighted by Gasteiger charge is -2.11. The summed E-state index contributed by atoms with van der Waals surface area (Å²) < 4.78 is 5.58. The van der Waals surface area contributed by atoms with Crippen molar-refractivity contribution in [2.24, 2.45) is 0 Å². The monoisotopic (exact) mass is 263 g/mol. The molecule has 1 aromatic rings. The fourth-order valence-electron chi connectivity index (χ4n) is 2.55. The Balaban J connectivity index is 1.66. The lowest BCUT2D eigenvalue weighted by atomic mass is 10.1. The molecule has 1 atom stereocenters. The largest absolute Gasteiger partial charge is 0.508 e. The average molecular weight is 263 g/mol. The standard InChI is InChI=1S/C16H25NO2/c1-2-3-4-5-6-7-10-17-15-12-19-16-11-13(18)8-9-14(15)16/h8-9,11,15,17-18H,2-7,10,12H2,1H3. The van der Waals surface area contributed by atoms with E-state index in [0.29, 0.717) is 6.61 Å². The van der Waals surface area contributed by atoms with E-state index in [-0.39, 0.29) is 11.8 Å². The lowest BCUT2D eigenvalue weighted by Crippen LogP contribution is -2.23. The minimum absolute atomic E-state index is 0.273. The van der Waals surface area contributed by atoms with Gasteiger partial charge in [0.1, 0.15) is 18.1 Å². The van der Waals surface area contributed by atoms with E-state index in [4.69, 9.17) is 4.74 Å². The molecule has 2 rings (SSSR count). The van der Waals surface area contributed by atoms with E-state index in [9.17, 15) is 5.11 Å². The van der Waals surface area contributed by atoms with Gasteiger partial charge in [-0.3, -0.25) is 0 Å². The molecule has 1 unspecified atom stereocenters. The Kier molecular flexibility index (Phi) is 5.52. The highest BCUT2D eigenvalue weighted by Gasteiger charge is 2.23. The Morgan fingerprint density at radius 2 is 2.00 bits per heavy atom. The molecule has 0 radical (unpaired) electrons. The Labute approximate surface area is 116 Å². The van der Waals surface area contributed by atoms with Gasteiger partial charge in [-0.1, -0.05) is 39.0 Å². The van der Waals surface area contributed by atoms with Gasteiger partial charge in [0.2, 0.25) is 0 Å². The van der Waals surface area contributed by atoms with Crippen molar-refractivity contribution in [3.63, 3.8) is 0 Å². The predicted molar refractivity (Wildman–Crippen MR) is 77.7 cm³/mol. The minimum atomic E-state index is 0.273. The SMILES string of the molecule is CCCCCCCCNC1COc2cc(O)ccc21. The summed E-state index contributed by atoms with van der Waals surface area (Å²) in [6, 6.07) is 5.66. The van der Waals surface area contributed by atoms with Gasteiger partial charge in [-0.2, -0.15) is 0 Å². The van der Waals surface area contributed by atoms with Crippen molar-refractivity contribution < 1.29 is 9.84 Å². The van der Waals surface area contributed by atoms with Gasteiger partial charge in [0.15, 0.2) is 0 Å². The van der Waals surface area contributed by atoms with Crippen LogP contribution in [0.5, 0.6) is 11.5 Å². The minimum Gasteiger partial charge on any atom is -0.508 e. The third kappa shape index (κ3) is 4.13. The molecule has 1 heterocycles. The number of rotatable bonds is 8. The lowest BCUT2D eigenvalue weighted by molar-refractivity contribution is 0.309. The van der Waals surface area contributed by atoms with Crippen molar-refractivity contribution in [3.8, 4) is 11.5 Å². The van der Waals surface area contributed by atoms with Crippen molar-refractivity contribution in [2.75, 3.05) is 13.2 Å². The van der Waals surface area contributed by atoms with Gasteiger partial charge in [-0.25, -0.2) is 0 Å². The van der Waals surface area contributed by atoms with E-state index < -0.39 is 0 Å². The molecular weight excluding hydrogens is 238 g/mol. The van der Waals surface area contributed by atoms with Crippen molar-refractivity contribution in [3.05, 3.63) is 23.8 Å². The molecule has 0 spiro atoms. The number of fused-ring (bicyclic) bond motifs is 1. The molecule has 1 aliphatic rings. The molecule has 0 amide bonds. The first-order valence-corrected chi connectivity index (χ1v) is 7.50. The van der Waals surface area contributed by atoms with Crippen molar-refractivity contribution in [1.29, 1.82) is 0 Å². The number of aromatic hydroxyl groups is 1. The molecule has 3 heteroatoms. The zero-order valence-corrected chi connectivity index (χ0v) is 11.8. The summed E-state index contributed by atoms with van der Waals surface area (Å²) >= 11 is 0. The number of unbranched alkanes of at least 4 members (excludes halogenated alkanes) is 5. The number of phenols is 1. The molecule has 2 N–H and O–H groups in total. The number of nitrogens with one attached hydrogen (secondary N) is 1. The highest BCUT2D eigenvalue weighted by atomic mass is 16.5. The van der Waals surface area contributed by atoms with Crippen molar-refractivity contribution >= 4 is 0 Å². The first-order chi connectivity index (χ1) is 9.31. The van der Waals surface area contributed by atoms with Crippen molar-refractivity contribution in [1.82, 2.24) is 5.32 Å². The Morgan fingerprint density at radius 1 is 1.21 bits per heavy atom. The van der Waals surface area contributed by atoms with E-state index >= 15 is 0 Å². The second-order valence-electron chi connectivity index (χ2n) is 5.31. The molecular formula is C16H25NO2. The number of benzene rings is 1. The van der Waals surface area contributed by atoms with Crippen LogP contribution in [-0.4, -0.2) is 18.3 Å². The summed E-state index contributed by atoms with van der Waals surface area (Å²) in [4.78, 5) is 0.